The lowest BCUT2D eigenvalue weighted by Gasteiger charge is -2.30. The molecule has 2 aromatic heterocycles. The van der Waals surface area contributed by atoms with Gasteiger partial charge in [-0.3, -0.25) is 9.78 Å². The summed E-state index contributed by atoms with van der Waals surface area (Å²) in [5.74, 6) is 0.809. The smallest absolute Gasteiger partial charge is 0.251 e. The fourth-order valence-electron chi connectivity index (χ4n) is 5.03. The molecule has 0 unspecified atom stereocenters. The van der Waals surface area contributed by atoms with Crippen LogP contribution in [0.3, 0.4) is 0 Å². The summed E-state index contributed by atoms with van der Waals surface area (Å²) in [4.78, 5) is 28.2. The topological polar surface area (TPSA) is 95.1 Å². The molecular weight excluding hydrogens is 506 g/mol. The molecule has 1 fully saturated rings. The normalized spacial score (nSPS) is 14.8. The average Bonchev–Trinajstić information content (AvgIpc) is 2.96. The van der Waals surface area contributed by atoms with Gasteiger partial charge in [0.1, 0.15) is 12.1 Å². The average molecular weight is 544 g/mol. The number of nitrogens with zero attached hydrogens (tertiary/aromatic N) is 4. The van der Waals surface area contributed by atoms with Gasteiger partial charge in [0.15, 0.2) is 0 Å². The molecule has 1 aliphatic heterocycles. The molecule has 5 rings (SSSR count). The molecule has 1 aliphatic rings. The van der Waals surface area contributed by atoms with E-state index in [4.69, 9.17) is 0 Å². The number of likely N-dealkylation sites (tertiary alicyclic amines) is 1. The number of carbonyl (C=O) groups excluding carboxylic acids is 1. The van der Waals surface area contributed by atoms with E-state index in [0.29, 0.717) is 18.2 Å². The number of anilines is 2. The van der Waals surface area contributed by atoms with Crippen molar-refractivity contribution in [2.45, 2.75) is 31.7 Å². The number of para-hydroxylation sites is 1. The van der Waals surface area contributed by atoms with Crippen LogP contribution in [-0.4, -0.2) is 65.5 Å². The van der Waals surface area contributed by atoms with Crippen molar-refractivity contribution in [2.75, 3.05) is 44.4 Å². The van der Waals surface area contributed by atoms with Crippen LogP contribution < -0.4 is 16.0 Å². The zero-order chi connectivity index (χ0) is 26.5. The van der Waals surface area contributed by atoms with Crippen molar-refractivity contribution in [3.05, 3.63) is 78.2 Å². The molecule has 1 amide bonds. The van der Waals surface area contributed by atoms with Gasteiger partial charge >= 0.3 is 0 Å². The minimum atomic E-state index is -0.112. The molecular formula is C30H37N7OS. The van der Waals surface area contributed by atoms with E-state index in [0.717, 1.165) is 52.3 Å². The van der Waals surface area contributed by atoms with Crippen LogP contribution in [0.1, 0.15) is 41.6 Å². The van der Waals surface area contributed by atoms with Crippen LogP contribution in [0.4, 0.5) is 11.5 Å². The number of rotatable bonds is 8. The number of pyridine rings is 1. The Kier molecular flexibility index (Phi) is 9.37. The first-order chi connectivity index (χ1) is 18.5. The number of benzene rings is 2. The lowest BCUT2D eigenvalue weighted by atomic mass is 9.96. The third-order valence-electron chi connectivity index (χ3n) is 7.33. The van der Waals surface area contributed by atoms with Crippen molar-refractivity contribution in [3.63, 3.8) is 0 Å². The molecule has 9 heteroatoms. The molecule has 1 saturated heterocycles. The van der Waals surface area contributed by atoms with E-state index < -0.39 is 0 Å². The molecule has 1 atom stereocenters. The minimum Gasteiger partial charge on any atom is -0.382 e. The minimum absolute atomic E-state index is 0. The fraction of sp³-hybridized carbons (Fsp3) is 0.333. The number of aromatic nitrogens is 3. The number of hydrogen-bond acceptors (Lipinski definition) is 7. The molecule has 39 heavy (non-hydrogen) atoms. The third-order valence-corrected chi connectivity index (χ3v) is 7.33. The van der Waals surface area contributed by atoms with Crippen LogP contribution in [-0.2, 0) is 0 Å². The lowest BCUT2D eigenvalue weighted by molar-refractivity contribution is 0.0964. The second-order valence-electron chi connectivity index (χ2n) is 10.1. The first-order valence-corrected chi connectivity index (χ1v) is 13.2. The van der Waals surface area contributed by atoms with Crippen LogP contribution in [0.25, 0.3) is 22.2 Å². The number of amides is 1. The van der Waals surface area contributed by atoms with Crippen LogP contribution in [0.2, 0.25) is 0 Å². The molecule has 0 bridgehead atoms. The molecule has 0 aliphatic carbocycles. The van der Waals surface area contributed by atoms with Crippen molar-refractivity contribution in [2.24, 2.45) is 0 Å². The van der Waals surface area contributed by atoms with E-state index in [-0.39, 0.29) is 25.3 Å². The predicted octanol–water partition coefficient (Wildman–Crippen LogP) is 4.89. The Hall–Kier alpha value is -3.69. The second-order valence-corrected chi connectivity index (χ2v) is 10.1. The van der Waals surface area contributed by atoms with Crippen molar-refractivity contribution >= 4 is 41.8 Å². The number of carbonyl (C=O) groups is 1. The number of piperidine rings is 1. The molecule has 0 radical (unpaired) electrons. The van der Waals surface area contributed by atoms with Gasteiger partial charge in [-0.1, -0.05) is 37.3 Å². The molecule has 4 aromatic rings. The summed E-state index contributed by atoms with van der Waals surface area (Å²) in [6.07, 6.45) is 5.63. The summed E-state index contributed by atoms with van der Waals surface area (Å²) in [5.41, 5.74) is 5.64. The van der Waals surface area contributed by atoms with Gasteiger partial charge in [0.2, 0.25) is 0 Å². The zero-order valence-corrected chi connectivity index (χ0v) is 23.7. The Morgan fingerprint density at radius 1 is 1.05 bits per heavy atom. The summed E-state index contributed by atoms with van der Waals surface area (Å²) in [7, 11) is 3.82. The summed E-state index contributed by atoms with van der Waals surface area (Å²) in [6.45, 7) is 5.09. The molecule has 3 heterocycles. The highest BCUT2D eigenvalue weighted by atomic mass is 32.1. The van der Waals surface area contributed by atoms with Gasteiger partial charge in [0.25, 0.3) is 5.91 Å². The Bertz CT molecular complexity index is 1400. The maximum atomic E-state index is 12.3. The summed E-state index contributed by atoms with van der Waals surface area (Å²) >= 11 is 0. The van der Waals surface area contributed by atoms with Crippen LogP contribution in [0.15, 0.2) is 67.1 Å². The summed E-state index contributed by atoms with van der Waals surface area (Å²) in [5, 5.41) is 10.7. The maximum Gasteiger partial charge on any atom is 0.251 e. The number of nitrogens with one attached hydrogen (secondary N) is 3. The summed E-state index contributed by atoms with van der Waals surface area (Å²) in [6, 6.07) is 18.7. The van der Waals surface area contributed by atoms with Crippen molar-refractivity contribution in [1.82, 2.24) is 25.2 Å². The standard InChI is InChI=1S/C30H35N7O.H2S/c1-20(24-5-4-6-25-26(30(38)31-2)11-14-32-29(24)25)18-33-28-17-27(34-19-35-28)21-7-9-22(10-8-21)36-23-12-15-37(3)16-13-23;/h4-11,14,17,19-20,23,36H,12-13,15-16,18H2,1-3H3,(H,31,38)(H,33,34,35);1H2/t20-;/m1./s1. The van der Waals surface area contributed by atoms with Crippen LogP contribution in [0.5, 0.6) is 0 Å². The monoisotopic (exact) mass is 543 g/mol. The van der Waals surface area contributed by atoms with Gasteiger partial charge in [-0.05, 0) is 56.7 Å². The zero-order valence-electron chi connectivity index (χ0n) is 22.7. The fourth-order valence-corrected chi connectivity index (χ4v) is 5.03. The molecule has 0 spiro atoms. The van der Waals surface area contributed by atoms with Crippen LogP contribution >= 0.6 is 13.5 Å². The first kappa shape index (κ1) is 28.3. The maximum absolute atomic E-state index is 12.3. The van der Waals surface area contributed by atoms with Crippen LogP contribution in [0, 0.1) is 0 Å². The van der Waals surface area contributed by atoms with Crippen molar-refractivity contribution in [3.8, 4) is 11.3 Å². The van der Waals surface area contributed by atoms with E-state index in [9.17, 15) is 4.79 Å². The van der Waals surface area contributed by atoms with Gasteiger partial charge in [-0.15, -0.1) is 0 Å². The number of hydrogen-bond donors (Lipinski definition) is 3. The van der Waals surface area contributed by atoms with Gasteiger partial charge in [0.05, 0.1) is 16.8 Å². The molecule has 8 nitrogen and oxygen atoms in total. The Labute approximate surface area is 237 Å². The quantitative estimate of drug-likeness (QED) is 0.291. The van der Waals surface area contributed by atoms with Gasteiger partial charge in [0, 0.05) is 54.5 Å². The van der Waals surface area contributed by atoms with Crippen molar-refractivity contribution in [1.29, 1.82) is 0 Å². The first-order valence-electron chi connectivity index (χ1n) is 13.2. The molecule has 3 N–H and O–H groups in total. The van der Waals surface area contributed by atoms with E-state index >= 15 is 0 Å². The highest BCUT2D eigenvalue weighted by Gasteiger charge is 2.17. The Balaban J connectivity index is 0.00000353. The molecule has 2 aromatic carbocycles. The van der Waals surface area contributed by atoms with E-state index in [1.54, 1.807) is 25.6 Å². The van der Waals surface area contributed by atoms with Gasteiger partial charge in [-0.2, -0.15) is 13.5 Å². The molecule has 0 saturated carbocycles. The highest BCUT2D eigenvalue weighted by Crippen LogP contribution is 2.27. The lowest BCUT2D eigenvalue weighted by Crippen LogP contribution is -2.36. The van der Waals surface area contributed by atoms with Gasteiger partial charge < -0.3 is 20.9 Å². The predicted molar refractivity (Wildman–Crippen MR) is 164 cm³/mol. The highest BCUT2D eigenvalue weighted by molar-refractivity contribution is 7.59. The Morgan fingerprint density at radius 3 is 2.56 bits per heavy atom. The SMILES string of the molecule is CNC(=O)c1ccnc2c([C@H](C)CNc3cc(-c4ccc(NC5CCN(C)CC5)cc4)ncn3)cccc12.S. The molecule has 204 valence electrons. The van der Waals surface area contributed by atoms with Gasteiger partial charge in [-0.25, -0.2) is 9.97 Å². The third kappa shape index (κ3) is 6.66. The number of fused-ring (bicyclic) bond motifs is 1. The largest absolute Gasteiger partial charge is 0.382 e. The Morgan fingerprint density at radius 2 is 1.82 bits per heavy atom. The van der Waals surface area contributed by atoms with Crippen molar-refractivity contribution < 1.29 is 4.79 Å². The van der Waals surface area contributed by atoms with E-state index in [2.05, 4.69) is 80.1 Å². The second kappa shape index (κ2) is 12.9. The van der Waals surface area contributed by atoms with E-state index in [1.165, 1.54) is 12.8 Å². The van der Waals surface area contributed by atoms with E-state index in [1.807, 2.05) is 18.2 Å². The summed E-state index contributed by atoms with van der Waals surface area (Å²) < 4.78 is 0.